The molecule has 0 N–H and O–H groups in total. The molecule has 0 spiro atoms. The van der Waals surface area contributed by atoms with Crippen LogP contribution in [0.1, 0.15) is 40.4 Å². The molecule has 4 nitrogen and oxygen atoms in total. The maximum atomic E-state index is 13.7. The first-order valence-electron chi connectivity index (χ1n) is 9.95. The van der Waals surface area contributed by atoms with Gasteiger partial charge in [0.05, 0.1) is 23.8 Å². The van der Waals surface area contributed by atoms with Crippen molar-refractivity contribution in [2.24, 2.45) is 4.99 Å². The number of fused-ring (bicyclic) bond motifs is 3. The van der Waals surface area contributed by atoms with Crippen LogP contribution in [0.5, 0.6) is 0 Å². The summed E-state index contributed by atoms with van der Waals surface area (Å²) in [6.45, 7) is 1.46. The predicted octanol–water partition coefficient (Wildman–Crippen LogP) is 4.51. The topological polar surface area (TPSA) is 41.4 Å². The Bertz CT molecular complexity index is 1180. The molecule has 0 fully saturated rings. The molecule has 2 aliphatic heterocycles. The SMILES string of the molecule is Fc1ccc(C2C3=C(CCN2c2ncnc4c2C=NC4)c2ccccc2C3)cc1. The van der Waals surface area contributed by atoms with Gasteiger partial charge in [-0.1, -0.05) is 36.4 Å². The Morgan fingerprint density at radius 2 is 1.86 bits per heavy atom. The van der Waals surface area contributed by atoms with Crippen LogP contribution in [0.25, 0.3) is 5.57 Å². The van der Waals surface area contributed by atoms with Gasteiger partial charge in [0.2, 0.25) is 0 Å². The number of rotatable bonds is 2. The van der Waals surface area contributed by atoms with E-state index < -0.39 is 0 Å². The number of aromatic nitrogens is 2. The maximum Gasteiger partial charge on any atom is 0.141 e. The van der Waals surface area contributed by atoms with Gasteiger partial charge in [-0.25, -0.2) is 14.4 Å². The average molecular weight is 382 g/mol. The Labute approximate surface area is 168 Å². The number of nitrogens with zero attached hydrogens (tertiary/aromatic N) is 4. The molecular weight excluding hydrogens is 363 g/mol. The average Bonchev–Trinajstić information content (AvgIpc) is 3.38. The lowest BCUT2D eigenvalue weighted by atomic mass is 9.88. The zero-order chi connectivity index (χ0) is 19.4. The molecule has 3 heterocycles. The van der Waals surface area contributed by atoms with Crippen molar-refractivity contribution in [2.45, 2.75) is 25.4 Å². The molecule has 142 valence electrons. The fourth-order valence-corrected chi connectivity index (χ4v) is 4.95. The van der Waals surface area contributed by atoms with E-state index in [1.807, 2.05) is 18.3 Å². The first-order valence-corrected chi connectivity index (χ1v) is 9.95. The summed E-state index contributed by atoms with van der Waals surface area (Å²) in [5, 5.41) is 0. The van der Waals surface area contributed by atoms with Gasteiger partial charge in [-0.15, -0.1) is 0 Å². The second-order valence-electron chi connectivity index (χ2n) is 7.76. The molecule has 1 aliphatic carbocycles. The Morgan fingerprint density at radius 1 is 1.00 bits per heavy atom. The fourth-order valence-electron chi connectivity index (χ4n) is 4.95. The number of anilines is 1. The first-order chi connectivity index (χ1) is 14.3. The highest BCUT2D eigenvalue weighted by atomic mass is 19.1. The van der Waals surface area contributed by atoms with Crippen molar-refractivity contribution in [3.63, 3.8) is 0 Å². The minimum absolute atomic E-state index is 0.0275. The van der Waals surface area contributed by atoms with E-state index in [0.717, 1.165) is 42.0 Å². The van der Waals surface area contributed by atoms with Crippen LogP contribution in [0, 0.1) is 5.82 Å². The molecule has 0 saturated carbocycles. The molecule has 29 heavy (non-hydrogen) atoms. The molecule has 0 amide bonds. The van der Waals surface area contributed by atoms with E-state index >= 15 is 0 Å². The van der Waals surface area contributed by atoms with Crippen LogP contribution < -0.4 is 4.90 Å². The lowest BCUT2D eigenvalue weighted by Crippen LogP contribution is -2.36. The first kappa shape index (κ1) is 16.6. The number of aliphatic imine (C=N–C) groups is 1. The van der Waals surface area contributed by atoms with Crippen LogP contribution >= 0.6 is 0 Å². The Balaban J connectivity index is 1.52. The standard InChI is InChI=1S/C24H19FN4/c25-17-7-5-15(6-8-17)23-20-11-16-3-1-2-4-18(16)19(20)9-10-29(23)24-21-12-26-13-22(21)27-14-28-24/h1-8,12,14,23H,9-11,13H2. The van der Waals surface area contributed by atoms with Crippen molar-refractivity contribution >= 4 is 17.6 Å². The van der Waals surface area contributed by atoms with Crippen molar-refractivity contribution in [2.75, 3.05) is 11.4 Å². The molecule has 1 unspecified atom stereocenters. The number of hydrogen-bond acceptors (Lipinski definition) is 4. The van der Waals surface area contributed by atoms with Crippen molar-refractivity contribution in [3.05, 3.63) is 94.2 Å². The summed E-state index contributed by atoms with van der Waals surface area (Å²) in [6, 6.07) is 15.6. The summed E-state index contributed by atoms with van der Waals surface area (Å²) in [4.78, 5) is 15.8. The van der Waals surface area contributed by atoms with Gasteiger partial charge >= 0.3 is 0 Å². The molecule has 6 rings (SSSR count). The van der Waals surface area contributed by atoms with Crippen molar-refractivity contribution in [3.8, 4) is 0 Å². The van der Waals surface area contributed by atoms with Crippen molar-refractivity contribution in [1.82, 2.24) is 9.97 Å². The van der Waals surface area contributed by atoms with Crippen molar-refractivity contribution in [1.29, 1.82) is 0 Å². The predicted molar refractivity (Wildman–Crippen MR) is 112 cm³/mol. The highest BCUT2D eigenvalue weighted by Gasteiger charge is 2.37. The highest BCUT2D eigenvalue weighted by molar-refractivity contribution is 5.91. The van der Waals surface area contributed by atoms with Crippen LogP contribution in [0.3, 0.4) is 0 Å². The zero-order valence-corrected chi connectivity index (χ0v) is 15.8. The summed E-state index contributed by atoms with van der Waals surface area (Å²) in [7, 11) is 0. The van der Waals surface area contributed by atoms with Gasteiger partial charge in [-0.3, -0.25) is 4.99 Å². The van der Waals surface area contributed by atoms with Gasteiger partial charge in [-0.05, 0) is 52.8 Å². The zero-order valence-electron chi connectivity index (χ0n) is 15.8. The maximum absolute atomic E-state index is 13.7. The van der Waals surface area contributed by atoms with E-state index in [-0.39, 0.29) is 11.9 Å². The summed E-state index contributed by atoms with van der Waals surface area (Å²) >= 11 is 0. The molecular formula is C24H19FN4. The second kappa shape index (κ2) is 6.34. The van der Waals surface area contributed by atoms with Crippen LogP contribution in [-0.2, 0) is 13.0 Å². The number of benzene rings is 2. The molecule has 0 bridgehead atoms. The summed E-state index contributed by atoms with van der Waals surface area (Å²) < 4.78 is 13.7. The van der Waals surface area contributed by atoms with Crippen LogP contribution in [0.15, 0.2) is 65.4 Å². The third-order valence-electron chi connectivity index (χ3n) is 6.22. The van der Waals surface area contributed by atoms with Gasteiger partial charge < -0.3 is 4.90 Å². The van der Waals surface area contributed by atoms with E-state index in [2.05, 4.69) is 44.1 Å². The number of hydrogen-bond donors (Lipinski definition) is 0. The third-order valence-corrected chi connectivity index (χ3v) is 6.22. The van der Waals surface area contributed by atoms with E-state index in [4.69, 9.17) is 0 Å². The van der Waals surface area contributed by atoms with Crippen LogP contribution in [-0.4, -0.2) is 22.7 Å². The van der Waals surface area contributed by atoms with Crippen LogP contribution in [0.4, 0.5) is 10.2 Å². The Kier molecular flexibility index (Phi) is 3.63. The van der Waals surface area contributed by atoms with E-state index in [1.54, 1.807) is 18.5 Å². The Hall–Kier alpha value is -3.34. The second-order valence-corrected chi connectivity index (χ2v) is 7.76. The molecule has 1 aromatic heterocycles. The quantitative estimate of drug-likeness (QED) is 0.655. The fraction of sp³-hybridized carbons (Fsp3) is 0.208. The van der Waals surface area contributed by atoms with Gasteiger partial charge in [0.25, 0.3) is 0 Å². The summed E-state index contributed by atoms with van der Waals surface area (Å²) in [5.74, 6) is 0.711. The molecule has 0 saturated heterocycles. The molecule has 5 heteroatoms. The van der Waals surface area contributed by atoms with Gasteiger partial charge in [0.15, 0.2) is 0 Å². The van der Waals surface area contributed by atoms with E-state index in [1.165, 1.54) is 22.3 Å². The highest BCUT2D eigenvalue weighted by Crippen LogP contribution is 2.48. The minimum Gasteiger partial charge on any atom is -0.345 e. The summed E-state index contributed by atoms with van der Waals surface area (Å²) in [5.41, 5.74) is 8.65. The summed E-state index contributed by atoms with van der Waals surface area (Å²) in [6.07, 6.45) is 5.42. The van der Waals surface area contributed by atoms with E-state index in [0.29, 0.717) is 6.54 Å². The van der Waals surface area contributed by atoms with Crippen LogP contribution in [0.2, 0.25) is 0 Å². The molecule has 3 aromatic rings. The smallest absolute Gasteiger partial charge is 0.141 e. The third kappa shape index (κ3) is 2.54. The largest absolute Gasteiger partial charge is 0.345 e. The van der Waals surface area contributed by atoms with Gasteiger partial charge in [0, 0.05) is 12.8 Å². The minimum atomic E-state index is -0.213. The molecule has 0 radical (unpaired) electrons. The van der Waals surface area contributed by atoms with E-state index in [9.17, 15) is 4.39 Å². The van der Waals surface area contributed by atoms with Gasteiger partial charge in [-0.2, -0.15) is 0 Å². The normalized spacial score (nSPS) is 19.3. The Morgan fingerprint density at radius 3 is 2.76 bits per heavy atom. The van der Waals surface area contributed by atoms with Gasteiger partial charge in [0.1, 0.15) is 18.0 Å². The monoisotopic (exact) mass is 382 g/mol. The number of halogens is 1. The van der Waals surface area contributed by atoms with Crippen molar-refractivity contribution < 1.29 is 4.39 Å². The molecule has 2 aromatic carbocycles. The lowest BCUT2D eigenvalue weighted by Gasteiger charge is -2.39. The molecule has 3 aliphatic rings. The lowest BCUT2D eigenvalue weighted by molar-refractivity contribution is 0.620. The molecule has 1 atom stereocenters.